The first kappa shape index (κ1) is 20.0. The summed E-state index contributed by atoms with van der Waals surface area (Å²) in [5, 5.41) is 59.1. The maximum atomic E-state index is 10.1. The van der Waals surface area contributed by atoms with Crippen LogP contribution in [0.4, 0.5) is 0 Å². The van der Waals surface area contributed by atoms with Crippen molar-refractivity contribution in [3.63, 3.8) is 0 Å². The zero-order valence-corrected chi connectivity index (χ0v) is 14.1. The third kappa shape index (κ3) is 4.06. The zero-order valence-electron chi connectivity index (χ0n) is 14.1. The summed E-state index contributed by atoms with van der Waals surface area (Å²) in [4.78, 5) is 0. The predicted octanol–water partition coefficient (Wildman–Crippen LogP) is -3.38. The van der Waals surface area contributed by atoms with Crippen LogP contribution in [0.5, 0.6) is 0 Å². The van der Waals surface area contributed by atoms with E-state index in [2.05, 4.69) is 0 Å². The van der Waals surface area contributed by atoms with E-state index in [9.17, 15) is 30.6 Å². The van der Waals surface area contributed by atoms with E-state index in [4.69, 9.17) is 9.47 Å². The normalized spacial score (nSPS) is 50.0. The van der Waals surface area contributed by atoms with Crippen LogP contribution in [0.3, 0.4) is 0 Å². The minimum absolute atomic E-state index is 0.217. The first-order chi connectivity index (χ1) is 11.2. The molecule has 1 unspecified atom stereocenters. The Kier molecular flexibility index (Phi) is 6.57. The lowest BCUT2D eigenvalue weighted by molar-refractivity contribution is -0.923. The molecule has 0 aromatic rings. The summed E-state index contributed by atoms with van der Waals surface area (Å²) in [6, 6.07) is 0. The topological polar surface area (TPSA) is 140 Å². The molecule has 0 aromatic heterocycles. The lowest BCUT2D eigenvalue weighted by atomic mass is 9.90. The molecule has 2 rings (SSSR count). The Bertz CT molecular complexity index is 411. The number of aliphatic hydroxyl groups is 6. The van der Waals surface area contributed by atoms with E-state index in [1.807, 2.05) is 7.05 Å². The number of methoxy groups -OCH3 is 1. The molecule has 142 valence electrons. The second-order valence-corrected chi connectivity index (χ2v) is 7.25. The van der Waals surface area contributed by atoms with Gasteiger partial charge in [-0.15, -0.1) is 0 Å². The molecule has 0 aromatic carbocycles. The number of ether oxygens (including phenoxy) is 2. The molecule has 0 saturated carbocycles. The van der Waals surface area contributed by atoms with Gasteiger partial charge in [0.1, 0.15) is 31.0 Å². The third-order valence-electron chi connectivity index (χ3n) is 5.27. The van der Waals surface area contributed by atoms with E-state index in [0.29, 0.717) is 30.5 Å². The molecule has 0 radical (unpaired) electrons. The van der Waals surface area contributed by atoms with Crippen LogP contribution < -0.4 is 0 Å². The van der Waals surface area contributed by atoms with Crippen molar-refractivity contribution in [1.29, 1.82) is 0 Å². The molecule has 6 N–H and O–H groups in total. The molecule has 24 heavy (non-hydrogen) atoms. The van der Waals surface area contributed by atoms with Crippen molar-refractivity contribution in [2.24, 2.45) is 5.92 Å². The predicted molar refractivity (Wildman–Crippen MR) is 81.7 cm³/mol. The molecular weight excluding hydrogens is 322 g/mol. The number of hydrogen-bond acceptors (Lipinski definition) is 8. The largest absolute Gasteiger partial charge is 0.396 e. The zero-order chi connectivity index (χ0) is 18.1. The lowest BCUT2D eigenvalue weighted by Crippen LogP contribution is -2.64. The summed E-state index contributed by atoms with van der Waals surface area (Å²) >= 11 is 0. The second-order valence-electron chi connectivity index (χ2n) is 7.25. The van der Waals surface area contributed by atoms with Crippen molar-refractivity contribution in [3.8, 4) is 0 Å². The molecule has 9 heteroatoms. The molecule has 2 aliphatic rings. The highest BCUT2D eigenvalue weighted by atomic mass is 16.7. The van der Waals surface area contributed by atoms with Crippen molar-refractivity contribution in [3.05, 3.63) is 0 Å². The number of rotatable bonds is 5. The Labute approximate surface area is 141 Å². The van der Waals surface area contributed by atoms with Gasteiger partial charge >= 0.3 is 0 Å². The van der Waals surface area contributed by atoms with Gasteiger partial charge in [0.25, 0.3) is 0 Å². The first-order valence-corrected chi connectivity index (χ1v) is 8.25. The Morgan fingerprint density at radius 3 is 2.25 bits per heavy atom. The van der Waals surface area contributed by atoms with Gasteiger partial charge in [-0.05, 0) is 0 Å². The number of quaternary nitrogens is 1. The van der Waals surface area contributed by atoms with Crippen LogP contribution in [0.15, 0.2) is 0 Å². The number of likely N-dealkylation sites (tertiary alicyclic amines) is 1. The summed E-state index contributed by atoms with van der Waals surface area (Å²) < 4.78 is 10.9. The molecule has 0 amide bonds. The molecule has 2 saturated heterocycles. The smallest absolute Gasteiger partial charge is 0.186 e. The van der Waals surface area contributed by atoms with Crippen LogP contribution in [0.2, 0.25) is 0 Å². The van der Waals surface area contributed by atoms with E-state index in [1.165, 1.54) is 7.11 Å². The highest BCUT2D eigenvalue weighted by Gasteiger charge is 2.46. The van der Waals surface area contributed by atoms with Crippen LogP contribution in [-0.4, -0.2) is 118 Å². The van der Waals surface area contributed by atoms with Crippen molar-refractivity contribution in [2.75, 3.05) is 40.4 Å². The Morgan fingerprint density at radius 1 is 1.00 bits per heavy atom. The van der Waals surface area contributed by atoms with E-state index in [1.54, 1.807) is 0 Å². The maximum absolute atomic E-state index is 10.1. The number of piperidine rings is 1. The Hall–Kier alpha value is -0.360. The Morgan fingerprint density at radius 2 is 1.67 bits per heavy atom. The summed E-state index contributed by atoms with van der Waals surface area (Å²) in [6.45, 7) is 1.09. The highest BCUT2D eigenvalue weighted by Crippen LogP contribution is 2.27. The van der Waals surface area contributed by atoms with Crippen LogP contribution in [-0.2, 0) is 9.47 Å². The van der Waals surface area contributed by atoms with Crippen molar-refractivity contribution < 1.29 is 44.6 Å². The quantitative estimate of drug-likeness (QED) is 0.282. The molecule has 0 spiro atoms. The van der Waals surface area contributed by atoms with Gasteiger partial charge in [0, 0.05) is 13.5 Å². The summed E-state index contributed by atoms with van der Waals surface area (Å²) in [7, 11) is 3.24. The number of nitrogens with zero attached hydrogens (tertiary/aromatic N) is 1. The highest BCUT2D eigenvalue weighted by molar-refractivity contribution is 4.89. The number of aliphatic hydroxyl groups excluding tert-OH is 6. The molecule has 9 atom stereocenters. The van der Waals surface area contributed by atoms with Gasteiger partial charge in [-0.2, -0.15) is 0 Å². The van der Waals surface area contributed by atoms with E-state index in [-0.39, 0.29) is 6.61 Å². The molecule has 0 bridgehead atoms. The molecule has 0 aliphatic carbocycles. The minimum atomic E-state index is -1.36. The van der Waals surface area contributed by atoms with Gasteiger partial charge in [-0.3, -0.25) is 0 Å². The van der Waals surface area contributed by atoms with E-state index >= 15 is 0 Å². The Balaban J connectivity index is 1.98. The van der Waals surface area contributed by atoms with Gasteiger partial charge < -0.3 is 44.6 Å². The molecular formula is C15H30NO8+. The van der Waals surface area contributed by atoms with Gasteiger partial charge in [0.2, 0.25) is 0 Å². The molecule has 2 heterocycles. The number of likely N-dealkylation sites (N-methyl/N-ethyl adjacent to an activating group) is 1. The lowest BCUT2D eigenvalue weighted by Gasteiger charge is -2.46. The van der Waals surface area contributed by atoms with E-state index < -0.39 is 48.8 Å². The average Bonchev–Trinajstić information content (AvgIpc) is 2.55. The molecule has 2 fully saturated rings. The fraction of sp³-hybridized carbons (Fsp3) is 1.00. The van der Waals surface area contributed by atoms with Gasteiger partial charge in [-0.1, -0.05) is 0 Å². The molecule has 9 nitrogen and oxygen atoms in total. The van der Waals surface area contributed by atoms with E-state index in [0.717, 1.165) is 0 Å². The number of hydrogen-bond donors (Lipinski definition) is 6. The van der Waals surface area contributed by atoms with Gasteiger partial charge in [0.15, 0.2) is 6.29 Å². The second kappa shape index (κ2) is 7.90. The van der Waals surface area contributed by atoms with Crippen molar-refractivity contribution in [2.45, 2.75) is 49.3 Å². The van der Waals surface area contributed by atoms with Crippen LogP contribution in [0.1, 0.15) is 6.42 Å². The molecule has 2 aliphatic heterocycles. The minimum Gasteiger partial charge on any atom is -0.396 e. The van der Waals surface area contributed by atoms with Crippen molar-refractivity contribution >= 4 is 0 Å². The van der Waals surface area contributed by atoms with Crippen LogP contribution in [0, 0.1) is 5.92 Å². The van der Waals surface area contributed by atoms with Crippen LogP contribution >= 0.6 is 0 Å². The third-order valence-corrected chi connectivity index (χ3v) is 5.27. The monoisotopic (exact) mass is 352 g/mol. The fourth-order valence-electron chi connectivity index (χ4n) is 3.76. The van der Waals surface area contributed by atoms with Crippen molar-refractivity contribution in [1.82, 2.24) is 0 Å². The van der Waals surface area contributed by atoms with Gasteiger partial charge in [0.05, 0.1) is 44.9 Å². The van der Waals surface area contributed by atoms with Gasteiger partial charge in [-0.25, -0.2) is 0 Å². The summed E-state index contributed by atoms with van der Waals surface area (Å²) in [5.74, 6) is -0.421. The standard InChI is InChI=1S/C15H30NO8/c1-16(5-8(7-17)11(19)9(18)6-16)4-3-10-12(20)13(21)14(22)15(23-2)24-10/h8-15,17-22H,3-7H2,1-2H3/q+1/t8-,9-,10-,11-,12-,13+,14-,15+,16?/m1/s1. The first-order valence-electron chi connectivity index (χ1n) is 8.25. The fourth-order valence-corrected chi connectivity index (χ4v) is 3.76. The van der Waals surface area contributed by atoms with Crippen LogP contribution in [0.25, 0.3) is 0 Å². The average molecular weight is 352 g/mol. The summed E-state index contributed by atoms with van der Waals surface area (Å²) in [6.07, 6.45) is -7.19. The SMILES string of the molecule is CO[C@H]1O[C@H](CC[N+]2(C)C[C@H](CO)[C@@H](O)[C@H](O)C2)[C@@H](O)[C@H](O)[C@H]1O. The summed E-state index contributed by atoms with van der Waals surface area (Å²) in [5.41, 5.74) is 0. The maximum Gasteiger partial charge on any atom is 0.186 e.